The number of β-amino-alcohol motifs (C(OH)–C–C–N with tert-alkyl or cyclic N) is 1. The van der Waals surface area contributed by atoms with Crippen molar-refractivity contribution in [3.8, 4) is 16.9 Å². The second kappa shape index (κ2) is 8.34. The number of hydrogen-bond acceptors (Lipinski definition) is 3. The summed E-state index contributed by atoms with van der Waals surface area (Å²) in [5, 5.41) is 11.7. The molecule has 3 aromatic carbocycles. The quantitative estimate of drug-likeness (QED) is 0.498. The molecular weight excluding hydrogens is 372 g/mol. The second-order valence-electron chi connectivity index (χ2n) is 8.03. The maximum Gasteiger partial charge on any atom is 0.120 e. The zero-order valence-electron chi connectivity index (χ0n) is 16.9. The smallest absolute Gasteiger partial charge is 0.120 e. The van der Waals surface area contributed by atoms with Crippen LogP contribution in [0.5, 0.6) is 5.75 Å². The molecule has 0 amide bonds. The largest absolute Gasteiger partial charge is 0.491 e. The third-order valence-electron chi connectivity index (χ3n) is 5.84. The van der Waals surface area contributed by atoms with Gasteiger partial charge in [-0.15, -0.1) is 0 Å². The Kier molecular flexibility index (Phi) is 5.26. The number of fused-ring (bicyclic) bond motifs is 2. The molecule has 1 atom stereocenters. The van der Waals surface area contributed by atoms with E-state index in [2.05, 4.69) is 64.5 Å². The number of aromatic amines is 1. The van der Waals surface area contributed by atoms with Crippen LogP contribution in [-0.2, 0) is 13.0 Å². The summed E-state index contributed by atoms with van der Waals surface area (Å²) in [4.78, 5) is 5.53. The van der Waals surface area contributed by atoms with Gasteiger partial charge < -0.3 is 14.8 Å². The molecule has 152 valence electrons. The fourth-order valence-corrected chi connectivity index (χ4v) is 4.25. The molecule has 4 heteroatoms. The van der Waals surface area contributed by atoms with Crippen molar-refractivity contribution in [1.82, 2.24) is 9.88 Å². The van der Waals surface area contributed by atoms with Gasteiger partial charge in [0.15, 0.2) is 0 Å². The predicted octanol–water partition coefficient (Wildman–Crippen LogP) is 4.63. The maximum absolute atomic E-state index is 10.5. The molecule has 30 heavy (non-hydrogen) atoms. The highest BCUT2D eigenvalue weighted by Gasteiger charge is 2.18. The van der Waals surface area contributed by atoms with Crippen molar-refractivity contribution < 1.29 is 9.84 Å². The lowest BCUT2D eigenvalue weighted by Crippen LogP contribution is -2.38. The fraction of sp³-hybridized carbons (Fsp3) is 0.231. The normalized spacial score (nSPS) is 15.1. The summed E-state index contributed by atoms with van der Waals surface area (Å²) in [5.41, 5.74) is 6.19. The average Bonchev–Trinajstić information content (AvgIpc) is 3.26. The van der Waals surface area contributed by atoms with Gasteiger partial charge in [0.05, 0.1) is 0 Å². The number of rotatable bonds is 6. The number of nitrogens with one attached hydrogen (secondary N) is 1. The van der Waals surface area contributed by atoms with Crippen LogP contribution in [0.4, 0.5) is 0 Å². The van der Waals surface area contributed by atoms with E-state index in [1.54, 1.807) is 0 Å². The predicted molar refractivity (Wildman–Crippen MR) is 121 cm³/mol. The second-order valence-corrected chi connectivity index (χ2v) is 8.03. The molecule has 0 bridgehead atoms. The minimum Gasteiger partial charge on any atom is -0.491 e. The molecule has 5 rings (SSSR count). The lowest BCUT2D eigenvalue weighted by molar-refractivity contribution is 0.0638. The van der Waals surface area contributed by atoms with Crippen LogP contribution in [0.1, 0.15) is 11.1 Å². The Labute approximate surface area is 176 Å². The average molecular weight is 399 g/mol. The summed E-state index contributed by atoms with van der Waals surface area (Å²) in [6.45, 7) is 2.78. The molecule has 0 radical (unpaired) electrons. The fourth-order valence-electron chi connectivity index (χ4n) is 4.25. The van der Waals surface area contributed by atoms with E-state index in [-0.39, 0.29) is 0 Å². The molecule has 0 saturated carbocycles. The highest BCUT2D eigenvalue weighted by atomic mass is 16.5. The Bertz CT molecular complexity index is 1150. The standard InChI is InChI=1S/C26H26N2O2/c29-24(17-28-13-11-19-4-1-2-5-23(19)16-28)18-30-25-7-3-6-20(15-25)21-8-9-26-22(14-21)10-12-27-26/h1-10,12,14-15,24,27,29H,11,13,16-18H2. The van der Waals surface area contributed by atoms with Crippen molar-refractivity contribution in [1.29, 1.82) is 0 Å². The summed E-state index contributed by atoms with van der Waals surface area (Å²) in [5.74, 6) is 0.782. The molecule has 1 aromatic heterocycles. The van der Waals surface area contributed by atoms with Gasteiger partial charge in [-0.3, -0.25) is 4.90 Å². The zero-order valence-corrected chi connectivity index (χ0v) is 16.9. The first-order valence-electron chi connectivity index (χ1n) is 10.5. The van der Waals surface area contributed by atoms with Crippen LogP contribution in [0, 0.1) is 0 Å². The van der Waals surface area contributed by atoms with Crippen LogP contribution < -0.4 is 4.74 Å². The van der Waals surface area contributed by atoms with E-state index in [4.69, 9.17) is 4.74 Å². The first kappa shape index (κ1) is 18.9. The van der Waals surface area contributed by atoms with Crippen LogP contribution >= 0.6 is 0 Å². The van der Waals surface area contributed by atoms with Crippen molar-refractivity contribution in [3.05, 3.63) is 90.1 Å². The van der Waals surface area contributed by atoms with E-state index in [0.29, 0.717) is 13.2 Å². The van der Waals surface area contributed by atoms with Crippen molar-refractivity contribution in [2.45, 2.75) is 19.1 Å². The number of hydrogen-bond donors (Lipinski definition) is 2. The van der Waals surface area contributed by atoms with Crippen molar-refractivity contribution >= 4 is 10.9 Å². The number of nitrogens with zero attached hydrogens (tertiary/aromatic N) is 1. The maximum atomic E-state index is 10.5. The summed E-state index contributed by atoms with van der Waals surface area (Å²) in [6.07, 6.45) is 2.48. The first-order chi connectivity index (χ1) is 14.7. The number of H-pyrrole nitrogens is 1. The SMILES string of the molecule is OC(COc1cccc(-c2ccc3[nH]ccc3c2)c1)CN1CCc2ccccc2C1. The van der Waals surface area contributed by atoms with Gasteiger partial charge in [0.2, 0.25) is 0 Å². The molecular formula is C26H26N2O2. The van der Waals surface area contributed by atoms with Crippen molar-refractivity contribution in [2.24, 2.45) is 0 Å². The Morgan fingerprint density at radius 2 is 1.80 bits per heavy atom. The minimum atomic E-state index is -0.518. The van der Waals surface area contributed by atoms with Crippen LogP contribution in [0.15, 0.2) is 79.0 Å². The van der Waals surface area contributed by atoms with Crippen molar-refractivity contribution in [3.63, 3.8) is 0 Å². The van der Waals surface area contributed by atoms with E-state index < -0.39 is 6.10 Å². The van der Waals surface area contributed by atoms with E-state index in [9.17, 15) is 5.11 Å². The minimum absolute atomic E-state index is 0.290. The number of benzene rings is 3. The van der Waals surface area contributed by atoms with E-state index in [0.717, 1.165) is 41.9 Å². The highest BCUT2D eigenvalue weighted by molar-refractivity contribution is 5.85. The van der Waals surface area contributed by atoms with Gasteiger partial charge in [-0.2, -0.15) is 0 Å². The number of aliphatic hydroxyl groups excluding tert-OH is 1. The molecule has 2 heterocycles. The molecule has 0 saturated heterocycles. The summed E-state index contributed by atoms with van der Waals surface area (Å²) in [7, 11) is 0. The van der Waals surface area contributed by atoms with Gasteiger partial charge in [0.25, 0.3) is 0 Å². The third-order valence-corrected chi connectivity index (χ3v) is 5.84. The van der Waals surface area contributed by atoms with Gasteiger partial charge in [0.1, 0.15) is 18.5 Å². The van der Waals surface area contributed by atoms with Gasteiger partial charge in [-0.1, -0.05) is 42.5 Å². The van der Waals surface area contributed by atoms with Gasteiger partial charge in [-0.25, -0.2) is 0 Å². The van der Waals surface area contributed by atoms with Crippen LogP contribution in [0.25, 0.3) is 22.0 Å². The van der Waals surface area contributed by atoms with Gasteiger partial charge in [0, 0.05) is 31.3 Å². The highest BCUT2D eigenvalue weighted by Crippen LogP contribution is 2.27. The van der Waals surface area contributed by atoms with E-state index >= 15 is 0 Å². The molecule has 1 aliphatic rings. The molecule has 1 aliphatic heterocycles. The molecule has 0 spiro atoms. The summed E-state index contributed by atoms with van der Waals surface area (Å²) >= 11 is 0. The molecule has 4 aromatic rings. The molecule has 2 N–H and O–H groups in total. The number of aromatic nitrogens is 1. The number of aliphatic hydroxyl groups is 1. The Hall–Kier alpha value is -3.08. The summed E-state index contributed by atoms with van der Waals surface area (Å²) in [6, 6.07) is 25.1. The monoisotopic (exact) mass is 398 g/mol. The van der Waals surface area contributed by atoms with Gasteiger partial charge in [-0.05, 0) is 64.4 Å². The topological polar surface area (TPSA) is 48.5 Å². The lowest BCUT2D eigenvalue weighted by Gasteiger charge is -2.30. The molecule has 1 unspecified atom stereocenters. The molecule has 4 nitrogen and oxygen atoms in total. The molecule has 0 fully saturated rings. The van der Waals surface area contributed by atoms with E-state index in [1.165, 1.54) is 16.5 Å². The zero-order chi connectivity index (χ0) is 20.3. The van der Waals surface area contributed by atoms with Crippen LogP contribution in [0.2, 0.25) is 0 Å². The number of ether oxygens (including phenoxy) is 1. The van der Waals surface area contributed by atoms with Crippen LogP contribution in [0.3, 0.4) is 0 Å². The Morgan fingerprint density at radius 3 is 2.73 bits per heavy atom. The lowest BCUT2D eigenvalue weighted by atomic mass is 10.00. The van der Waals surface area contributed by atoms with Crippen LogP contribution in [-0.4, -0.2) is 40.8 Å². The third kappa shape index (κ3) is 4.11. The van der Waals surface area contributed by atoms with E-state index in [1.807, 2.05) is 24.4 Å². The first-order valence-corrected chi connectivity index (χ1v) is 10.5. The Balaban J connectivity index is 1.20. The molecule has 0 aliphatic carbocycles. The Morgan fingerprint density at radius 1 is 0.933 bits per heavy atom. The van der Waals surface area contributed by atoms with Gasteiger partial charge >= 0.3 is 0 Å². The summed E-state index contributed by atoms with van der Waals surface area (Å²) < 4.78 is 5.93. The van der Waals surface area contributed by atoms with Crippen molar-refractivity contribution in [2.75, 3.05) is 19.7 Å².